The minimum atomic E-state index is -0.0616. The molecular formula is C34H33N5O3S2. The van der Waals surface area contributed by atoms with E-state index in [1.165, 1.54) is 22.5 Å². The van der Waals surface area contributed by atoms with Gasteiger partial charge in [0, 0.05) is 22.7 Å². The van der Waals surface area contributed by atoms with Crippen molar-refractivity contribution in [3.05, 3.63) is 116 Å². The molecule has 1 unspecified atom stereocenters. The van der Waals surface area contributed by atoms with Crippen LogP contribution < -0.4 is 29.4 Å². The third kappa shape index (κ3) is 5.79. The first-order valence-electron chi connectivity index (χ1n) is 14.0. The summed E-state index contributed by atoms with van der Waals surface area (Å²) in [7, 11) is 4.83. The first-order valence-corrected chi connectivity index (χ1v) is 15.8. The number of rotatable bonds is 9. The molecule has 1 atom stereocenters. The lowest BCUT2D eigenvalue weighted by atomic mass is 10.1. The van der Waals surface area contributed by atoms with Gasteiger partial charge >= 0.3 is 0 Å². The van der Waals surface area contributed by atoms with E-state index in [0.717, 1.165) is 38.6 Å². The second-order valence-corrected chi connectivity index (χ2v) is 11.8. The van der Waals surface area contributed by atoms with Gasteiger partial charge in [0.05, 0.1) is 50.7 Å². The third-order valence-electron chi connectivity index (χ3n) is 7.55. The van der Waals surface area contributed by atoms with Crippen LogP contribution in [0.25, 0.3) is 11.3 Å². The van der Waals surface area contributed by atoms with Crippen LogP contribution >= 0.6 is 22.7 Å². The quantitative estimate of drug-likeness (QED) is 0.171. The molecule has 5 aromatic rings. The van der Waals surface area contributed by atoms with Crippen LogP contribution in [0.2, 0.25) is 0 Å². The highest BCUT2D eigenvalue weighted by Crippen LogP contribution is 2.41. The summed E-state index contributed by atoms with van der Waals surface area (Å²) in [5, 5.41) is 13.4. The zero-order valence-corrected chi connectivity index (χ0v) is 26.8. The van der Waals surface area contributed by atoms with E-state index >= 15 is 0 Å². The van der Waals surface area contributed by atoms with Crippen LogP contribution in [0, 0.1) is 13.8 Å². The van der Waals surface area contributed by atoms with E-state index in [0.29, 0.717) is 17.2 Å². The molecule has 1 aliphatic rings. The normalized spacial score (nSPS) is 15.2. The Morgan fingerprint density at radius 2 is 1.66 bits per heavy atom. The highest BCUT2D eigenvalue weighted by molar-refractivity contribution is 7.08. The van der Waals surface area contributed by atoms with E-state index in [2.05, 4.69) is 65.9 Å². The lowest BCUT2D eigenvalue weighted by molar-refractivity contribution is 0.324. The SMILES string of the molecule is COc1cc(-c2csc(=Nc3cccc(C)c3C)n2N=CC2=CN(c3ccccc3)NC2c2ccsc2)cc(OC)c1OC. The number of aromatic nitrogens is 1. The second-order valence-electron chi connectivity index (χ2n) is 10.2. The van der Waals surface area contributed by atoms with Gasteiger partial charge in [0.25, 0.3) is 0 Å². The predicted molar refractivity (Wildman–Crippen MR) is 180 cm³/mol. The molecule has 0 radical (unpaired) electrons. The lowest BCUT2D eigenvalue weighted by Gasteiger charge is -2.19. The molecule has 10 heteroatoms. The zero-order valence-electron chi connectivity index (χ0n) is 25.1. The number of nitrogens with one attached hydrogen (secondary N) is 1. The van der Waals surface area contributed by atoms with Crippen LogP contribution in [-0.2, 0) is 0 Å². The Bertz CT molecular complexity index is 1870. The summed E-state index contributed by atoms with van der Waals surface area (Å²) in [6.45, 7) is 4.19. The van der Waals surface area contributed by atoms with Gasteiger partial charge in [-0.1, -0.05) is 30.3 Å². The van der Waals surface area contributed by atoms with Gasteiger partial charge in [-0.3, -0.25) is 5.01 Å². The first-order chi connectivity index (χ1) is 21.5. The molecule has 3 heterocycles. The van der Waals surface area contributed by atoms with Crippen molar-refractivity contribution in [2.45, 2.75) is 19.9 Å². The van der Waals surface area contributed by atoms with Crippen molar-refractivity contribution >= 4 is 40.3 Å². The molecule has 1 N–H and O–H groups in total. The molecular weight excluding hydrogens is 591 g/mol. The minimum absolute atomic E-state index is 0.0616. The number of thiazole rings is 1. The molecule has 0 saturated heterocycles. The van der Waals surface area contributed by atoms with Crippen LogP contribution in [0.1, 0.15) is 22.7 Å². The Morgan fingerprint density at radius 1 is 0.886 bits per heavy atom. The Labute approximate surface area is 264 Å². The average molecular weight is 624 g/mol. The number of thiophene rings is 1. The number of nitrogens with zero attached hydrogens (tertiary/aromatic N) is 4. The van der Waals surface area contributed by atoms with Gasteiger partial charge in [0.2, 0.25) is 10.6 Å². The van der Waals surface area contributed by atoms with Gasteiger partial charge in [-0.05, 0) is 77.7 Å². The van der Waals surface area contributed by atoms with E-state index in [4.69, 9.17) is 24.3 Å². The predicted octanol–water partition coefficient (Wildman–Crippen LogP) is 7.64. The van der Waals surface area contributed by atoms with E-state index in [-0.39, 0.29) is 6.04 Å². The van der Waals surface area contributed by atoms with Crippen molar-refractivity contribution in [2.24, 2.45) is 10.1 Å². The average Bonchev–Trinajstić information content (AvgIpc) is 3.82. The van der Waals surface area contributed by atoms with E-state index in [1.807, 2.05) is 58.4 Å². The Hall–Kier alpha value is -4.64. The molecule has 6 rings (SSSR count). The smallest absolute Gasteiger partial charge is 0.211 e. The Kier molecular flexibility index (Phi) is 8.65. The van der Waals surface area contributed by atoms with Crippen LogP contribution in [0.5, 0.6) is 17.2 Å². The highest BCUT2D eigenvalue weighted by Gasteiger charge is 2.26. The maximum atomic E-state index is 5.67. The van der Waals surface area contributed by atoms with Crippen LogP contribution in [-0.4, -0.2) is 32.2 Å². The van der Waals surface area contributed by atoms with Gasteiger partial charge in [0.1, 0.15) is 0 Å². The van der Waals surface area contributed by atoms with Crippen LogP contribution in [0.15, 0.2) is 105 Å². The molecule has 0 fully saturated rings. The Morgan fingerprint density at radius 3 is 2.34 bits per heavy atom. The van der Waals surface area contributed by atoms with Crippen LogP contribution in [0.3, 0.4) is 0 Å². The maximum absolute atomic E-state index is 5.67. The number of ether oxygens (including phenoxy) is 3. The molecule has 3 aromatic carbocycles. The molecule has 8 nitrogen and oxygen atoms in total. The summed E-state index contributed by atoms with van der Waals surface area (Å²) >= 11 is 3.20. The number of hydrogen-bond acceptors (Lipinski definition) is 9. The van der Waals surface area contributed by atoms with Crippen molar-refractivity contribution < 1.29 is 14.2 Å². The number of aryl methyl sites for hydroxylation is 1. The van der Waals surface area contributed by atoms with Gasteiger partial charge in [-0.2, -0.15) is 16.4 Å². The first kappa shape index (κ1) is 29.4. The summed E-state index contributed by atoms with van der Waals surface area (Å²) in [5.41, 5.74) is 11.8. The van der Waals surface area contributed by atoms with Crippen molar-refractivity contribution in [2.75, 3.05) is 26.3 Å². The largest absolute Gasteiger partial charge is 0.493 e. The molecule has 1 aliphatic heterocycles. The summed E-state index contributed by atoms with van der Waals surface area (Å²) < 4.78 is 18.8. The molecule has 0 amide bonds. The van der Waals surface area contributed by atoms with Crippen molar-refractivity contribution in [3.63, 3.8) is 0 Å². The highest BCUT2D eigenvalue weighted by atomic mass is 32.1. The van der Waals surface area contributed by atoms with Crippen molar-refractivity contribution in [3.8, 4) is 28.5 Å². The van der Waals surface area contributed by atoms with Gasteiger partial charge < -0.3 is 14.2 Å². The van der Waals surface area contributed by atoms with Gasteiger partial charge in [0.15, 0.2) is 11.5 Å². The minimum Gasteiger partial charge on any atom is -0.493 e. The fraction of sp³-hybridized carbons (Fsp3) is 0.176. The summed E-state index contributed by atoms with van der Waals surface area (Å²) in [6.07, 6.45) is 4.00. The molecule has 0 spiro atoms. The number of hydrogen-bond donors (Lipinski definition) is 1. The van der Waals surface area contributed by atoms with Gasteiger partial charge in [-0.15, -0.1) is 11.3 Å². The lowest BCUT2D eigenvalue weighted by Crippen LogP contribution is -2.31. The van der Waals surface area contributed by atoms with Crippen molar-refractivity contribution in [1.29, 1.82) is 0 Å². The van der Waals surface area contributed by atoms with E-state index < -0.39 is 0 Å². The molecule has 44 heavy (non-hydrogen) atoms. The molecule has 0 bridgehead atoms. The number of para-hydroxylation sites is 1. The molecule has 224 valence electrons. The summed E-state index contributed by atoms with van der Waals surface area (Å²) in [6, 6.07) is 22.3. The standard InChI is InChI=1S/C34H33N5O3S2/c1-22-10-9-13-28(23(22)2)36-34-39(29(21-44-34)25-16-30(40-3)33(42-5)31(17-25)41-4)35-18-26-19-38(27-11-7-6-8-12-27)37-32(26)24-14-15-43-20-24/h6-21,32,37H,1-5H3. The maximum Gasteiger partial charge on any atom is 0.211 e. The molecule has 2 aromatic heterocycles. The fourth-order valence-corrected chi connectivity index (χ4v) is 6.56. The Balaban J connectivity index is 1.50. The summed E-state index contributed by atoms with van der Waals surface area (Å²) in [4.78, 5) is 5.81. The van der Waals surface area contributed by atoms with Crippen molar-refractivity contribution in [1.82, 2.24) is 10.1 Å². The zero-order chi connectivity index (χ0) is 30.6. The van der Waals surface area contributed by atoms with Gasteiger partial charge in [-0.25, -0.2) is 15.1 Å². The van der Waals surface area contributed by atoms with E-state index in [1.54, 1.807) is 32.7 Å². The number of anilines is 1. The molecule has 0 aliphatic carbocycles. The monoisotopic (exact) mass is 623 g/mol. The number of hydrazine groups is 1. The van der Waals surface area contributed by atoms with Crippen LogP contribution in [0.4, 0.5) is 11.4 Å². The second kappa shape index (κ2) is 12.9. The third-order valence-corrected chi connectivity index (χ3v) is 9.07. The fourth-order valence-electron chi connectivity index (χ4n) is 5.03. The summed E-state index contributed by atoms with van der Waals surface area (Å²) in [5.74, 6) is 1.66. The number of methoxy groups -OCH3 is 3. The topological polar surface area (TPSA) is 72.6 Å². The van der Waals surface area contributed by atoms with E-state index in [9.17, 15) is 0 Å². The number of benzene rings is 3. The molecule has 0 saturated carbocycles.